The molecule has 5 nitrogen and oxygen atoms in total. The van der Waals surface area contributed by atoms with Crippen molar-refractivity contribution < 1.29 is 14.7 Å². The number of unbranched alkanes of at least 4 members (excludes halogenated alkanes) is 1. The first-order chi connectivity index (χ1) is 9.56. The minimum absolute atomic E-state index is 0.189. The summed E-state index contributed by atoms with van der Waals surface area (Å²) >= 11 is 0. The van der Waals surface area contributed by atoms with E-state index in [9.17, 15) is 9.59 Å². The van der Waals surface area contributed by atoms with Gasteiger partial charge in [0.2, 0.25) is 0 Å². The highest BCUT2D eigenvalue weighted by molar-refractivity contribution is 5.82. The summed E-state index contributed by atoms with van der Waals surface area (Å²) in [5.41, 5.74) is 0. The lowest BCUT2D eigenvalue weighted by Gasteiger charge is -2.29. The van der Waals surface area contributed by atoms with Crippen LogP contribution in [0.3, 0.4) is 0 Å². The maximum absolute atomic E-state index is 11.9. The van der Waals surface area contributed by atoms with Gasteiger partial charge in [0.1, 0.15) is 6.04 Å². The Labute approximate surface area is 121 Å². The number of urea groups is 1. The molecule has 0 spiro atoms. The number of nitrogens with one attached hydrogen (secondary N) is 2. The van der Waals surface area contributed by atoms with Gasteiger partial charge in [-0.3, -0.25) is 0 Å². The van der Waals surface area contributed by atoms with Gasteiger partial charge >= 0.3 is 12.0 Å². The van der Waals surface area contributed by atoms with Crippen molar-refractivity contribution in [3.05, 3.63) is 0 Å². The van der Waals surface area contributed by atoms with Crippen LogP contribution in [0.4, 0.5) is 4.79 Å². The Morgan fingerprint density at radius 1 is 1.30 bits per heavy atom. The summed E-state index contributed by atoms with van der Waals surface area (Å²) in [7, 11) is 0. The first-order valence-corrected chi connectivity index (χ1v) is 7.86. The third kappa shape index (κ3) is 5.80. The fourth-order valence-corrected chi connectivity index (χ4v) is 2.84. The molecule has 0 aliphatic heterocycles. The van der Waals surface area contributed by atoms with Crippen LogP contribution in [0.15, 0.2) is 0 Å². The van der Waals surface area contributed by atoms with Crippen LogP contribution in [0.5, 0.6) is 0 Å². The second kappa shape index (κ2) is 8.82. The largest absolute Gasteiger partial charge is 0.480 e. The molecule has 3 unspecified atom stereocenters. The third-order valence-electron chi connectivity index (χ3n) is 4.15. The summed E-state index contributed by atoms with van der Waals surface area (Å²) in [6, 6.07) is -0.926. The van der Waals surface area contributed by atoms with E-state index in [-0.39, 0.29) is 12.1 Å². The van der Waals surface area contributed by atoms with Crippen molar-refractivity contribution in [1.29, 1.82) is 0 Å². The van der Waals surface area contributed by atoms with Crippen molar-refractivity contribution in [2.24, 2.45) is 5.92 Å². The Morgan fingerprint density at radius 3 is 2.65 bits per heavy atom. The van der Waals surface area contributed by atoms with E-state index in [2.05, 4.69) is 17.6 Å². The molecule has 0 heterocycles. The van der Waals surface area contributed by atoms with Gasteiger partial charge in [0.05, 0.1) is 0 Å². The maximum atomic E-state index is 11.9. The number of hydrogen-bond donors (Lipinski definition) is 3. The van der Waals surface area contributed by atoms with Crippen molar-refractivity contribution in [3.8, 4) is 0 Å². The Balaban J connectivity index is 2.38. The van der Waals surface area contributed by atoms with Crippen molar-refractivity contribution in [1.82, 2.24) is 10.6 Å². The van der Waals surface area contributed by atoms with E-state index in [4.69, 9.17) is 5.11 Å². The van der Waals surface area contributed by atoms with Crippen LogP contribution in [0.1, 0.15) is 65.2 Å². The quantitative estimate of drug-likeness (QED) is 0.672. The SMILES string of the molecule is CCCCC(NC(=O)NC1CCCC(CC)C1)C(=O)O. The number of carbonyl (C=O) groups is 2. The van der Waals surface area contributed by atoms with Crippen LogP contribution in [0.2, 0.25) is 0 Å². The number of carboxylic acids is 1. The third-order valence-corrected chi connectivity index (χ3v) is 4.15. The predicted octanol–water partition coefficient (Wildman–Crippen LogP) is 2.90. The lowest BCUT2D eigenvalue weighted by atomic mass is 9.84. The second-order valence-electron chi connectivity index (χ2n) is 5.79. The average molecular weight is 284 g/mol. The molecule has 1 saturated carbocycles. The molecule has 20 heavy (non-hydrogen) atoms. The molecule has 0 radical (unpaired) electrons. The number of carbonyl (C=O) groups excluding carboxylic acids is 1. The lowest BCUT2D eigenvalue weighted by Crippen LogP contribution is -2.49. The van der Waals surface area contributed by atoms with Crippen LogP contribution in [-0.2, 0) is 4.79 Å². The minimum Gasteiger partial charge on any atom is -0.480 e. The van der Waals surface area contributed by atoms with E-state index < -0.39 is 12.0 Å². The molecular weight excluding hydrogens is 256 g/mol. The van der Waals surface area contributed by atoms with Crippen molar-refractivity contribution >= 4 is 12.0 Å². The molecule has 2 amide bonds. The average Bonchev–Trinajstić information content (AvgIpc) is 2.43. The number of hydrogen-bond acceptors (Lipinski definition) is 2. The second-order valence-corrected chi connectivity index (χ2v) is 5.79. The van der Waals surface area contributed by atoms with Gasteiger partial charge in [0.25, 0.3) is 0 Å². The molecular formula is C15H28N2O3. The van der Waals surface area contributed by atoms with Crippen LogP contribution >= 0.6 is 0 Å². The topological polar surface area (TPSA) is 78.4 Å². The molecule has 1 rings (SSSR count). The van der Waals surface area contributed by atoms with Gasteiger partial charge in [0, 0.05) is 6.04 Å². The van der Waals surface area contributed by atoms with Gasteiger partial charge < -0.3 is 15.7 Å². The van der Waals surface area contributed by atoms with Crippen molar-refractivity contribution in [3.63, 3.8) is 0 Å². The van der Waals surface area contributed by atoms with Crippen molar-refractivity contribution in [2.75, 3.05) is 0 Å². The lowest BCUT2D eigenvalue weighted by molar-refractivity contribution is -0.139. The fraction of sp³-hybridized carbons (Fsp3) is 0.867. The summed E-state index contributed by atoms with van der Waals surface area (Å²) in [4.78, 5) is 23.0. The smallest absolute Gasteiger partial charge is 0.326 e. The Morgan fingerprint density at radius 2 is 2.05 bits per heavy atom. The Hall–Kier alpha value is -1.26. The number of amides is 2. The molecule has 1 fully saturated rings. The van der Waals surface area contributed by atoms with Gasteiger partial charge in [-0.1, -0.05) is 46.0 Å². The first kappa shape index (κ1) is 16.8. The van der Waals surface area contributed by atoms with Crippen LogP contribution < -0.4 is 10.6 Å². The monoisotopic (exact) mass is 284 g/mol. The summed E-state index contributed by atoms with van der Waals surface area (Å²) in [5, 5.41) is 14.6. The molecule has 0 bridgehead atoms. The zero-order valence-corrected chi connectivity index (χ0v) is 12.7. The fourth-order valence-electron chi connectivity index (χ4n) is 2.84. The highest BCUT2D eigenvalue weighted by atomic mass is 16.4. The molecule has 0 aromatic heterocycles. The van der Waals surface area contributed by atoms with Gasteiger partial charge in [-0.15, -0.1) is 0 Å². The van der Waals surface area contributed by atoms with E-state index in [1.807, 2.05) is 6.92 Å². The van der Waals surface area contributed by atoms with E-state index >= 15 is 0 Å². The summed E-state index contributed by atoms with van der Waals surface area (Å²) in [6.45, 7) is 4.18. The van der Waals surface area contributed by atoms with Gasteiger partial charge in [0.15, 0.2) is 0 Å². The summed E-state index contributed by atoms with van der Waals surface area (Å²) in [6.07, 6.45) is 7.75. The van der Waals surface area contributed by atoms with Crippen LogP contribution in [-0.4, -0.2) is 29.2 Å². The van der Waals surface area contributed by atoms with E-state index in [0.717, 1.165) is 38.5 Å². The highest BCUT2D eigenvalue weighted by Gasteiger charge is 2.24. The van der Waals surface area contributed by atoms with E-state index in [1.54, 1.807) is 0 Å². The molecule has 3 atom stereocenters. The molecule has 0 aromatic carbocycles. The molecule has 0 saturated heterocycles. The molecule has 5 heteroatoms. The van der Waals surface area contributed by atoms with Crippen molar-refractivity contribution in [2.45, 2.75) is 77.3 Å². The first-order valence-electron chi connectivity index (χ1n) is 7.86. The maximum Gasteiger partial charge on any atom is 0.326 e. The normalized spacial score (nSPS) is 23.9. The molecule has 1 aliphatic carbocycles. The Bertz CT molecular complexity index is 320. The number of rotatable bonds is 7. The summed E-state index contributed by atoms with van der Waals surface area (Å²) < 4.78 is 0. The molecule has 0 aromatic rings. The number of carboxylic acid groups (broad SMARTS) is 1. The number of aliphatic carboxylic acids is 1. The minimum atomic E-state index is -0.955. The summed E-state index contributed by atoms with van der Waals surface area (Å²) in [5.74, 6) is -0.270. The van der Waals surface area contributed by atoms with Gasteiger partial charge in [-0.2, -0.15) is 0 Å². The van der Waals surface area contributed by atoms with Gasteiger partial charge in [-0.25, -0.2) is 9.59 Å². The zero-order valence-electron chi connectivity index (χ0n) is 12.7. The van der Waals surface area contributed by atoms with E-state index in [1.165, 1.54) is 6.42 Å². The van der Waals surface area contributed by atoms with Crippen LogP contribution in [0, 0.1) is 5.92 Å². The highest BCUT2D eigenvalue weighted by Crippen LogP contribution is 2.26. The molecule has 116 valence electrons. The van der Waals surface area contributed by atoms with E-state index in [0.29, 0.717) is 12.3 Å². The van der Waals surface area contributed by atoms with Crippen LogP contribution in [0.25, 0.3) is 0 Å². The zero-order chi connectivity index (χ0) is 15.0. The standard InChI is InChI=1S/C15H28N2O3/c1-3-5-9-13(14(18)19)17-15(20)16-12-8-6-7-11(4-2)10-12/h11-13H,3-10H2,1-2H3,(H,18,19)(H2,16,17,20). The molecule has 3 N–H and O–H groups in total. The van der Waals surface area contributed by atoms with Gasteiger partial charge in [-0.05, 0) is 25.2 Å². The molecule has 1 aliphatic rings. The Kier molecular flexibility index (Phi) is 7.41. The predicted molar refractivity (Wildman–Crippen MR) is 78.7 cm³/mol.